The summed E-state index contributed by atoms with van der Waals surface area (Å²) in [5.41, 5.74) is 2.39. The van der Waals surface area contributed by atoms with Crippen molar-refractivity contribution in [3.63, 3.8) is 0 Å². The fraction of sp³-hybridized carbons (Fsp3) is 0.269. The van der Waals surface area contributed by atoms with Crippen molar-refractivity contribution in [3.8, 4) is 5.75 Å². The molecule has 0 atom stereocenters. The van der Waals surface area contributed by atoms with Gasteiger partial charge in [-0.3, -0.25) is 4.79 Å². The molecule has 1 amide bonds. The number of hydrogen-bond donors (Lipinski definition) is 2. The van der Waals surface area contributed by atoms with E-state index in [1.54, 1.807) is 12.1 Å². The number of benzene rings is 3. The van der Waals surface area contributed by atoms with Gasteiger partial charge in [-0.1, -0.05) is 67.0 Å². The van der Waals surface area contributed by atoms with Gasteiger partial charge in [-0.05, 0) is 59.9 Å². The molecule has 0 heterocycles. The van der Waals surface area contributed by atoms with Crippen molar-refractivity contribution in [1.82, 2.24) is 4.72 Å². The van der Waals surface area contributed by atoms with Gasteiger partial charge in [0.1, 0.15) is 5.75 Å². The molecule has 0 saturated carbocycles. The van der Waals surface area contributed by atoms with Crippen molar-refractivity contribution in [3.05, 3.63) is 88.4 Å². The third-order valence-electron chi connectivity index (χ3n) is 5.11. The smallest absolute Gasteiger partial charge is 0.262 e. The zero-order chi connectivity index (χ0) is 24.8. The van der Waals surface area contributed by atoms with E-state index in [1.165, 1.54) is 12.1 Å². The highest BCUT2D eigenvalue weighted by Crippen LogP contribution is 2.33. The lowest BCUT2D eigenvalue weighted by atomic mass is 9.86. The lowest BCUT2D eigenvalue weighted by molar-refractivity contribution is -0.118. The first-order valence-electron chi connectivity index (χ1n) is 10.9. The molecule has 0 saturated heterocycles. The van der Waals surface area contributed by atoms with Crippen LogP contribution in [0.25, 0.3) is 0 Å². The van der Waals surface area contributed by atoms with Gasteiger partial charge in [0.25, 0.3) is 5.91 Å². The minimum atomic E-state index is -3.64. The van der Waals surface area contributed by atoms with Crippen molar-refractivity contribution >= 4 is 37.5 Å². The molecule has 0 radical (unpaired) electrons. The predicted molar refractivity (Wildman–Crippen MR) is 139 cm³/mol. The first kappa shape index (κ1) is 25.9. The summed E-state index contributed by atoms with van der Waals surface area (Å²) in [4.78, 5) is 12.5. The van der Waals surface area contributed by atoms with E-state index in [0.29, 0.717) is 24.4 Å². The summed E-state index contributed by atoms with van der Waals surface area (Å²) in [6.45, 7) is 6.37. The highest BCUT2D eigenvalue weighted by molar-refractivity contribution is 9.10. The van der Waals surface area contributed by atoms with Crippen LogP contribution < -0.4 is 14.8 Å². The Bertz CT molecular complexity index is 1220. The molecule has 0 unspecified atom stereocenters. The predicted octanol–water partition coefficient (Wildman–Crippen LogP) is 5.29. The lowest BCUT2D eigenvalue weighted by Gasteiger charge is -2.23. The molecule has 6 nitrogen and oxygen atoms in total. The average molecular weight is 545 g/mol. The zero-order valence-electron chi connectivity index (χ0n) is 19.5. The number of nitrogens with one attached hydrogen (secondary N) is 2. The van der Waals surface area contributed by atoms with Crippen molar-refractivity contribution < 1.29 is 17.9 Å². The van der Waals surface area contributed by atoms with Crippen LogP contribution in [0.3, 0.4) is 0 Å². The van der Waals surface area contributed by atoms with Gasteiger partial charge in [0.2, 0.25) is 10.0 Å². The highest BCUT2D eigenvalue weighted by Gasteiger charge is 2.20. The van der Waals surface area contributed by atoms with Crippen LogP contribution in [0, 0.1) is 0 Å². The minimum absolute atomic E-state index is 0.138. The van der Waals surface area contributed by atoms with Gasteiger partial charge in [-0.2, -0.15) is 0 Å². The summed E-state index contributed by atoms with van der Waals surface area (Å²) in [6, 6.07) is 21.4. The molecule has 8 heteroatoms. The van der Waals surface area contributed by atoms with E-state index in [1.807, 2.05) is 48.5 Å². The molecule has 0 spiro atoms. The van der Waals surface area contributed by atoms with Crippen LogP contribution in [-0.4, -0.2) is 27.5 Å². The molecule has 34 heavy (non-hydrogen) atoms. The summed E-state index contributed by atoms with van der Waals surface area (Å²) in [6.07, 6.45) is 0.601. The van der Waals surface area contributed by atoms with E-state index < -0.39 is 10.0 Å². The lowest BCUT2D eigenvalue weighted by Crippen LogP contribution is -2.26. The number of hydrogen-bond acceptors (Lipinski definition) is 4. The van der Waals surface area contributed by atoms with E-state index in [4.69, 9.17) is 4.74 Å². The monoisotopic (exact) mass is 544 g/mol. The molecule has 2 N–H and O–H groups in total. The van der Waals surface area contributed by atoms with Crippen LogP contribution in [0.4, 0.5) is 5.69 Å². The molecule has 0 aromatic heterocycles. The standard InChI is InChI=1S/C26H29BrN2O4S/c1-26(2,3)23-17-20(27)9-14-24(23)33-18-25(30)29-21-10-12-22(13-11-21)34(31,32)28-16-15-19-7-5-4-6-8-19/h4-14,17,28H,15-16,18H2,1-3H3,(H,29,30). The van der Waals surface area contributed by atoms with Crippen LogP contribution in [0.5, 0.6) is 5.75 Å². The Morgan fingerprint density at radius 1 is 0.971 bits per heavy atom. The quantitative estimate of drug-likeness (QED) is 0.383. The maximum Gasteiger partial charge on any atom is 0.262 e. The van der Waals surface area contributed by atoms with Gasteiger partial charge >= 0.3 is 0 Å². The number of carbonyl (C=O) groups excluding carboxylic acids is 1. The van der Waals surface area contributed by atoms with Crippen LogP contribution in [0.1, 0.15) is 31.9 Å². The summed E-state index contributed by atoms with van der Waals surface area (Å²) < 4.78 is 34.4. The summed E-state index contributed by atoms with van der Waals surface area (Å²) in [7, 11) is -3.64. The van der Waals surface area contributed by atoms with E-state index in [9.17, 15) is 13.2 Å². The van der Waals surface area contributed by atoms with Crippen molar-refractivity contribution in [2.45, 2.75) is 37.5 Å². The second-order valence-corrected chi connectivity index (χ2v) is 11.6. The molecule has 3 aromatic rings. The van der Waals surface area contributed by atoms with E-state index in [2.05, 4.69) is 46.7 Å². The number of sulfonamides is 1. The first-order valence-corrected chi connectivity index (χ1v) is 13.2. The van der Waals surface area contributed by atoms with Gasteiger partial charge in [-0.25, -0.2) is 13.1 Å². The first-order chi connectivity index (χ1) is 16.0. The fourth-order valence-corrected chi connectivity index (χ4v) is 4.72. The maximum atomic E-state index is 12.5. The van der Waals surface area contributed by atoms with Crippen LogP contribution in [-0.2, 0) is 26.7 Å². The van der Waals surface area contributed by atoms with E-state index in [0.717, 1.165) is 15.6 Å². The zero-order valence-corrected chi connectivity index (χ0v) is 21.9. The molecule has 3 rings (SSSR count). The number of anilines is 1. The number of carbonyl (C=O) groups is 1. The summed E-state index contributed by atoms with van der Waals surface area (Å²) >= 11 is 3.48. The molecule has 0 fully saturated rings. The highest BCUT2D eigenvalue weighted by atomic mass is 79.9. The van der Waals surface area contributed by atoms with Crippen molar-refractivity contribution in [2.24, 2.45) is 0 Å². The van der Waals surface area contributed by atoms with Crippen LogP contribution >= 0.6 is 15.9 Å². The normalized spacial score (nSPS) is 11.8. The third-order valence-corrected chi connectivity index (χ3v) is 7.08. The van der Waals surface area contributed by atoms with Gasteiger partial charge in [0.15, 0.2) is 6.61 Å². The Kier molecular flexibility index (Phi) is 8.52. The Morgan fingerprint density at radius 2 is 1.65 bits per heavy atom. The van der Waals surface area contributed by atoms with Crippen molar-refractivity contribution in [2.75, 3.05) is 18.5 Å². The molecule has 0 bridgehead atoms. The molecular weight excluding hydrogens is 516 g/mol. The number of rotatable bonds is 9. The second kappa shape index (κ2) is 11.2. The third kappa shape index (κ3) is 7.41. The largest absolute Gasteiger partial charge is 0.483 e. The molecule has 180 valence electrons. The Labute approximate surface area is 209 Å². The maximum absolute atomic E-state index is 12.5. The number of halogens is 1. The topological polar surface area (TPSA) is 84.5 Å². The Morgan fingerprint density at radius 3 is 2.29 bits per heavy atom. The SMILES string of the molecule is CC(C)(C)c1cc(Br)ccc1OCC(=O)Nc1ccc(S(=O)(=O)NCCc2ccccc2)cc1. The second-order valence-electron chi connectivity index (χ2n) is 8.89. The minimum Gasteiger partial charge on any atom is -0.483 e. The molecule has 3 aromatic carbocycles. The summed E-state index contributed by atoms with van der Waals surface area (Å²) in [5, 5.41) is 2.74. The van der Waals surface area contributed by atoms with Gasteiger partial charge < -0.3 is 10.1 Å². The van der Waals surface area contributed by atoms with Crippen molar-refractivity contribution in [1.29, 1.82) is 0 Å². The number of ether oxygens (including phenoxy) is 1. The molecule has 0 aliphatic heterocycles. The fourth-order valence-electron chi connectivity index (χ4n) is 3.33. The van der Waals surface area contributed by atoms with E-state index in [-0.39, 0.29) is 22.8 Å². The van der Waals surface area contributed by atoms with Crippen LogP contribution in [0.15, 0.2) is 82.2 Å². The molecule has 0 aliphatic carbocycles. The van der Waals surface area contributed by atoms with Gasteiger partial charge in [0.05, 0.1) is 4.90 Å². The van der Waals surface area contributed by atoms with Crippen LogP contribution in [0.2, 0.25) is 0 Å². The Balaban J connectivity index is 1.54. The average Bonchev–Trinajstić information content (AvgIpc) is 2.78. The van der Waals surface area contributed by atoms with E-state index >= 15 is 0 Å². The number of amides is 1. The Hall–Kier alpha value is -2.68. The van der Waals surface area contributed by atoms with Gasteiger partial charge in [0, 0.05) is 22.3 Å². The molecule has 0 aliphatic rings. The summed E-state index contributed by atoms with van der Waals surface area (Å²) in [5.74, 6) is 0.313. The van der Waals surface area contributed by atoms with Gasteiger partial charge in [-0.15, -0.1) is 0 Å². The molecular formula is C26H29BrN2O4S.